The molecule has 88 valence electrons. The van der Waals surface area contributed by atoms with Crippen LogP contribution in [0.4, 0.5) is 5.69 Å². The maximum absolute atomic E-state index is 5.52. The molecule has 0 amide bonds. The topological polar surface area (TPSA) is 68.8 Å². The molecule has 0 aliphatic rings. The van der Waals surface area contributed by atoms with Crippen LogP contribution in [0.5, 0.6) is 0 Å². The lowest BCUT2D eigenvalue weighted by molar-refractivity contribution is 0.747. The van der Waals surface area contributed by atoms with Crippen LogP contribution in [0.25, 0.3) is 0 Å². The van der Waals surface area contributed by atoms with Gasteiger partial charge in [0.25, 0.3) is 0 Å². The smallest absolute Gasteiger partial charge is 0.122 e. The minimum atomic E-state index is 0.298. The largest absolute Gasteiger partial charge is 0.388 e. The van der Waals surface area contributed by atoms with Crippen LogP contribution in [0.15, 0.2) is 30.6 Å². The number of pyridine rings is 1. The molecule has 17 heavy (non-hydrogen) atoms. The quantitative estimate of drug-likeness (QED) is 0.791. The second kappa shape index (κ2) is 4.92. The van der Waals surface area contributed by atoms with Crippen molar-refractivity contribution in [3.05, 3.63) is 42.0 Å². The van der Waals surface area contributed by atoms with E-state index in [4.69, 9.17) is 18.0 Å². The summed E-state index contributed by atoms with van der Waals surface area (Å²) in [5.41, 5.74) is 8.03. The molecule has 3 N–H and O–H groups in total. The van der Waals surface area contributed by atoms with Gasteiger partial charge in [-0.2, -0.15) is 5.10 Å². The molecule has 0 saturated heterocycles. The third-order valence-corrected chi connectivity index (χ3v) is 2.46. The Morgan fingerprint density at radius 1 is 1.53 bits per heavy atom. The summed E-state index contributed by atoms with van der Waals surface area (Å²) in [5.74, 6) is 0. The van der Waals surface area contributed by atoms with Crippen molar-refractivity contribution in [2.24, 2.45) is 12.8 Å². The van der Waals surface area contributed by atoms with E-state index in [0.717, 1.165) is 11.4 Å². The molecule has 2 aromatic rings. The Hall–Kier alpha value is -1.95. The van der Waals surface area contributed by atoms with E-state index in [2.05, 4.69) is 15.4 Å². The Labute approximate surface area is 105 Å². The van der Waals surface area contributed by atoms with Gasteiger partial charge in [-0.15, -0.1) is 0 Å². The number of aryl methyl sites for hydroxylation is 1. The highest BCUT2D eigenvalue weighted by Crippen LogP contribution is 2.09. The molecule has 0 aliphatic carbocycles. The summed E-state index contributed by atoms with van der Waals surface area (Å²) in [5, 5.41) is 7.51. The molecule has 0 fully saturated rings. The summed E-state index contributed by atoms with van der Waals surface area (Å²) in [4.78, 5) is 4.37. The van der Waals surface area contributed by atoms with Gasteiger partial charge in [-0.05, 0) is 18.2 Å². The number of thiocarbonyl (C=S) groups is 1. The third-order valence-electron chi connectivity index (χ3n) is 2.25. The second-order valence-electron chi connectivity index (χ2n) is 3.63. The van der Waals surface area contributed by atoms with Crippen molar-refractivity contribution in [3.8, 4) is 0 Å². The van der Waals surface area contributed by atoms with Gasteiger partial charge in [-0.3, -0.25) is 9.67 Å². The first-order valence-electron chi connectivity index (χ1n) is 5.13. The monoisotopic (exact) mass is 247 g/mol. The molecule has 2 aromatic heterocycles. The fourth-order valence-corrected chi connectivity index (χ4v) is 1.54. The van der Waals surface area contributed by atoms with Crippen molar-refractivity contribution in [3.63, 3.8) is 0 Å². The van der Waals surface area contributed by atoms with Gasteiger partial charge in [-0.1, -0.05) is 12.2 Å². The zero-order valence-corrected chi connectivity index (χ0v) is 10.2. The summed E-state index contributed by atoms with van der Waals surface area (Å²) in [7, 11) is 1.89. The molecule has 0 unspecified atom stereocenters. The Morgan fingerprint density at radius 3 is 3.00 bits per heavy atom. The zero-order chi connectivity index (χ0) is 12.3. The van der Waals surface area contributed by atoms with Crippen LogP contribution < -0.4 is 11.1 Å². The average molecular weight is 247 g/mol. The van der Waals surface area contributed by atoms with Crippen molar-refractivity contribution in [2.75, 3.05) is 5.32 Å². The van der Waals surface area contributed by atoms with Crippen LogP contribution >= 0.6 is 12.2 Å². The number of aromatic nitrogens is 3. The Kier molecular flexibility index (Phi) is 3.34. The molecule has 0 atom stereocenters. The van der Waals surface area contributed by atoms with E-state index >= 15 is 0 Å². The summed E-state index contributed by atoms with van der Waals surface area (Å²) >= 11 is 4.87. The third kappa shape index (κ3) is 3.01. The van der Waals surface area contributed by atoms with Crippen molar-refractivity contribution >= 4 is 22.9 Å². The molecule has 0 radical (unpaired) electrons. The van der Waals surface area contributed by atoms with Crippen LogP contribution in [0, 0.1) is 0 Å². The second-order valence-corrected chi connectivity index (χ2v) is 4.07. The normalized spacial score (nSPS) is 10.2. The highest BCUT2D eigenvalue weighted by Gasteiger charge is 2.01. The minimum absolute atomic E-state index is 0.298. The van der Waals surface area contributed by atoms with Crippen LogP contribution in [0.2, 0.25) is 0 Å². The Balaban J connectivity index is 2.04. The molecule has 5 nitrogen and oxygen atoms in total. The van der Waals surface area contributed by atoms with E-state index in [1.54, 1.807) is 10.9 Å². The highest BCUT2D eigenvalue weighted by molar-refractivity contribution is 7.80. The summed E-state index contributed by atoms with van der Waals surface area (Å²) in [6, 6.07) is 5.65. The number of nitrogens with two attached hydrogens (primary N) is 1. The SMILES string of the molecule is Cn1ccc(CNc2ccnc(C(N)=S)c2)n1. The molecule has 0 aliphatic heterocycles. The number of anilines is 1. The van der Waals surface area contributed by atoms with Crippen molar-refractivity contribution in [1.82, 2.24) is 14.8 Å². The molecule has 6 heteroatoms. The molecular formula is C11H13N5S. The van der Waals surface area contributed by atoms with E-state index < -0.39 is 0 Å². The van der Waals surface area contributed by atoms with Crippen molar-refractivity contribution in [2.45, 2.75) is 6.54 Å². The first-order valence-corrected chi connectivity index (χ1v) is 5.54. The lowest BCUT2D eigenvalue weighted by Gasteiger charge is -2.05. The van der Waals surface area contributed by atoms with Gasteiger partial charge < -0.3 is 11.1 Å². The lowest BCUT2D eigenvalue weighted by atomic mass is 10.3. The zero-order valence-electron chi connectivity index (χ0n) is 9.42. The van der Waals surface area contributed by atoms with Gasteiger partial charge in [-0.25, -0.2) is 0 Å². The standard InChI is InChI=1S/C11H13N5S/c1-16-5-3-9(15-16)7-14-8-2-4-13-10(6-8)11(12)17/h2-6H,7H2,1H3,(H2,12,17)(H,13,14). The highest BCUT2D eigenvalue weighted by atomic mass is 32.1. The van der Waals surface area contributed by atoms with Gasteiger partial charge in [0.15, 0.2) is 0 Å². The van der Waals surface area contributed by atoms with Crippen molar-refractivity contribution in [1.29, 1.82) is 0 Å². The van der Waals surface area contributed by atoms with Gasteiger partial charge >= 0.3 is 0 Å². The van der Waals surface area contributed by atoms with Crippen LogP contribution in [-0.2, 0) is 13.6 Å². The van der Waals surface area contributed by atoms with Crippen LogP contribution in [0.3, 0.4) is 0 Å². The fourth-order valence-electron chi connectivity index (χ4n) is 1.43. The Morgan fingerprint density at radius 2 is 2.35 bits per heavy atom. The minimum Gasteiger partial charge on any atom is -0.388 e. The fraction of sp³-hybridized carbons (Fsp3) is 0.182. The summed E-state index contributed by atoms with van der Waals surface area (Å²) in [6.45, 7) is 0.654. The molecular weight excluding hydrogens is 234 g/mol. The van der Waals surface area contributed by atoms with Crippen LogP contribution in [-0.4, -0.2) is 19.8 Å². The van der Waals surface area contributed by atoms with E-state index in [0.29, 0.717) is 17.2 Å². The first-order chi connectivity index (χ1) is 8.15. The molecule has 2 rings (SSSR count). The summed E-state index contributed by atoms with van der Waals surface area (Å²) < 4.78 is 1.77. The van der Waals surface area contributed by atoms with Gasteiger partial charge in [0.05, 0.1) is 17.9 Å². The molecule has 0 bridgehead atoms. The Bertz CT molecular complexity index is 534. The average Bonchev–Trinajstić information content (AvgIpc) is 2.73. The predicted molar refractivity (Wildman–Crippen MR) is 70.7 cm³/mol. The van der Waals surface area contributed by atoms with E-state index in [9.17, 15) is 0 Å². The summed E-state index contributed by atoms with van der Waals surface area (Å²) in [6.07, 6.45) is 3.58. The number of nitrogens with one attached hydrogen (secondary N) is 1. The molecule has 0 aromatic carbocycles. The van der Waals surface area contributed by atoms with Gasteiger partial charge in [0.1, 0.15) is 4.99 Å². The molecule has 2 heterocycles. The van der Waals surface area contributed by atoms with E-state index in [1.165, 1.54) is 0 Å². The molecule has 0 spiro atoms. The maximum Gasteiger partial charge on any atom is 0.122 e. The van der Waals surface area contributed by atoms with Gasteiger partial charge in [0, 0.05) is 25.1 Å². The number of nitrogens with zero attached hydrogens (tertiary/aromatic N) is 3. The lowest BCUT2D eigenvalue weighted by Crippen LogP contribution is -2.12. The van der Waals surface area contributed by atoms with E-state index in [-0.39, 0.29) is 0 Å². The van der Waals surface area contributed by atoms with Gasteiger partial charge in [0.2, 0.25) is 0 Å². The van der Waals surface area contributed by atoms with Crippen LogP contribution in [0.1, 0.15) is 11.4 Å². The van der Waals surface area contributed by atoms with Crippen molar-refractivity contribution < 1.29 is 0 Å². The number of hydrogen-bond donors (Lipinski definition) is 2. The maximum atomic E-state index is 5.52. The first kappa shape index (κ1) is 11.5. The molecule has 0 saturated carbocycles. The number of hydrogen-bond acceptors (Lipinski definition) is 4. The number of rotatable bonds is 4. The van der Waals surface area contributed by atoms with E-state index in [1.807, 2.05) is 31.4 Å². The predicted octanol–water partition coefficient (Wildman–Crippen LogP) is 1.06.